The van der Waals surface area contributed by atoms with Crippen molar-refractivity contribution in [3.63, 3.8) is 0 Å². The molecule has 0 aliphatic carbocycles. The van der Waals surface area contributed by atoms with E-state index in [2.05, 4.69) is 41.6 Å². The van der Waals surface area contributed by atoms with Crippen LogP contribution in [-0.4, -0.2) is 32.8 Å². The summed E-state index contributed by atoms with van der Waals surface area (Å²) in [6.45, 7) is 6.77. The molecule has 2 N–H and O–H groups in total. The fourth-order valence-electron chi connectivity index (χ4n) is 2.45. The van der Waals surface area contributed by atoms with Crippen LogP contribution in [-0.2, 0) is 11.3 Å². The number of aliphatic imine (C=N–C) groups is 1. The lowest BCUT2D eigenvalue weighted by atomic mass is 10.1. The molecule has 2 rings (SSSR count). The zero-order valence-electron chi connectivity index (χ0n) is 16.3. The van der Waals surface area contributed by atoms with Gasteiger partial charge in [0.1, 0.15) is 12.4 Å². The van der Waals surface area contributed by atoms with Crippen molar-refractivity contribution >= 4 is 29.9 Å². The van der Waals surface area contributed by atoms with E-state index < -0.39 is 0 Å². The number of ether oxygens (including phenoxy) is 2. The number of hydrogen-bond acceptors (Lipinski definition) is 3. The Labute approximate surface area is 179 Å². The van der Waals surface area contributed by atoms with Crippen LogP contribution in [0.25, 0.3) is 0 Å². The van der Waals surface area contributed by atoms with Crippen molar-refractivity contribution in [2.24, 2.45) is 4.99 Å². The minimum Gasteiger partial charge on any atom is -0.491 e. The third-order valence-corrected chi connectivity index (χ3v) is 3.90. The van der Waals surface area contributed by atoms with Crippen LogP contribution in [0, 0.1) is 0 Å². The third kappa shape index (κ3) is 8.62. The number of guanidine groups is 1. The Morgan fingerprint density at radius 1 is 1.04 bits per heavy atom. The normalized spacial score (nSPS) is 12.0. The van der Waals surface area contributed by atoms with Crippen molar-refractivity contribution in [3.8, 4) is 5.75 Å². The molecule has 0 saturated carbocycles. The van der Waals surface area contributed by atoms with Gasteiger partial charge in [-0.3, -0.25) is 0 Å². The maximum atomic E-state index is 5.58. The molecule has 0 fully saturated rings. The maximum Gasteiger partial charge on any atom is 0.192 e. The van der Waals surface area contributed by atoms with Gasteiger partial charge in [-0.05, 0) is 37.1 Å². The average Bonchev–Trinajstić information content (AvgIpc) is 2.68. The van der Waals surface area contributed by atoms with E-state index in [1.54, 1.807) is 7.11 Å². The molecule has 0 bridgehead atoms. The third-order valence-electron chi connectivity index (χ3n) is 3.90. The summed E-state index contributed by atoms with van der Waals surface area (Å²) in [6, 6.07) is 18.5. The first-order valence-electron chi connectivity index (χ1n) is 9.03. The molecule has 2 aromatic rings. The highest BCUT2D eigenvalue weighted by atomic mass is 127. The molecule has 0 aromatic heterocycles. The number of methoxy groups -OCH3 is 1. The van der Waals surface area contributed by atoms with Crippen LogP contribution in [0.1, 0.15) is 31.0 Å². The lowest BCUT2D eigenvalue weighted by Gasteiger charge is -2.18. The molecule has 0 aliphatic rings. The summed E-state index contributed by atoms with van der Waals surface area (Å²) in [7, 11) is 1.67. The van der Waals surface area contributed by atoms with Crippen molar-refractivity contribution in [1.29, 1.82) is 0 Å². The SMILES string of the molecule is CCNC(=NCc1ccc(OCCOC)cc1)NC(C)c1ccccc1.I. The van der Waals surface area contributed by atoms with Crippen molar-refractivity contribution in [2.75, 3.05) is 26.9 Å². The van der Waals surface area contributed by atoms with Gasteiger partial charge < -0.3 is 20.1 Å². The molecule has 0 radical (unpaired) electrons. The van der Waals surface area contributed by atoms with Crippen LogP contribution in [0.3, 0.4) is 0 Å². The summed E-state index contributed by atoms with van der Waals surface area (Å²) in [5, 5.41) is 6.75. The van der Waals surface area contributed by atoms with Gasteiger partial charge in [0.15, 0.2) is 5.96 Å². The van der Waals surface area contributed by atoms with E-state index >= 15 is 0 Å². The molecule has 0 amide bonds. The Hall–Kier alpha value is -1.80. The summed E-state index contributed by atoms with van der Waals surface area (Å²) < 4.78 is 10.6. The van der Waals surface area contributed by atoms with Crippen LogP contribution < -0.4 is 15.4 Å². The molecule has 0 aliphatic heterocycles. The molecule has 1 unspecified atom stereocenters. The predicted molar refractivity (Wildman–Crippen MR) is 122 cm³/mol. The molecule has 6 heteroatoms. The molecule has 5 nitrogen and oxygen atoms in total. The molecule has 1 atom stereocenters. The average molecular weight is 483 g/mol. The van der Waals surface area contributed by atoms with E-state index in [4.69, 9.17) is 9.47 Å². The monoisotopic (exact) mass is 483 g/mol. The van der Waals surface area contributed by atoms with Crippen LogP contribution in [0.4, 0.5) is 0 Å². The maximum absolute atomic E-state index is 5.58. The van der Waals surface area contributed by atoms with Crippen LogP contribution in [0.15, 0.2) is 59.6 Å². The van der Waals surface area contributed by atoms with Crippen molar-refractivity contribution < 1.29 is 9.47 Å². The fourth-order valence-corrected chi connectivity index (χ4v) is 2.45. The van der Waals surface area contributed by atoms with Gasteiger partial charge in [0.05, 0.1) is 19.2 Å². The Kier molecular flexibility index (Phi) is 11.5. The van der Waals surface area contributed by atoms with Gasteiger partial charge in [-0.1, -0.05) is 42.5 Å². The van der Waals surface area contributed by atoms with E-state index in [1.807, 2.05) is 42.5 Å². The second-order valence-corrected chi connectivity index (χ2v) is 5.96. The van der Waals surface area contributed by atoms with Crippen LogP contribution in [0.5, 0.6) is 5.75 Å². The Balaban J connectivity index is 0.00000364. The first kappa shape index (κ1) is 23.2. The Bertz CT molecular complexity index is 663. The van der Waals surface area contributed by atoms with E-state index in [-0.39, 0.29) is 30.0 Å². The summed E-state index contributed by atoms with van der Waals surface area (Å²) in [5.41, 5.74) is 2.37. The van der Waals surface area contributed by atoms with Gasteiger partial charge in [0.25, 0.3) is 0 Å². The number of benzene rings is 2. The quantitative estimate of drug-likeness (QED) is 0.244. The molecule has 148 valence electrons. The molecular formula is C21H30IN3O2. The zero-order chi connectivity index (χ0) is 18.6. The molecule has 2 aromatic carbocycles. The lowest BCUT2D eigenvalue weighted by molar-refractivity contribution is 0.146. The summed E-state index contributed by atoms with van der Waals surface area (Å²) in [4.78, 5) is 4.69. The van der Waals surface area contributed by atoms with E-state index in [9.17, 15) is 0 Å². The minimum atomic E-state index is 0. The predicted octanol–water partition coefficient (Wildman–Crippen LogP) is 4.15. The molecular weight excluding hydrogens is 453 g/mol. The van der Waals surface area contributed by atoms with Gasteiger partial charge in [0, 0.05) is 13.7 Å². The van der Waals surface area contributed by atoms with E-state index in [1.165, 1.54) is 5.56 Å². The van der Waals surface area contributed by atoms with Gasteiger partial charge in [-0.15, -0.1) is 24.0 Å². The van der Waals surface area contributed by atoms with Crippen LogP contribution >= 0.6 is 24.0 Å². The minimum absolute atomic E-state index is 0. The lowest BCUT2D eigenvalue weighted by Crippen LogP contribution is -2.38. The molecule has 0 spiro atoms. The molecule has 27 heavy (non-hydrogen) atoms. The number of hydrogen-bond donors (Lipinski definition) is 2. The van der Waals surface area contributed by atoms with Crippen molar-refractivity contribution in [1.82, 2.24) is 10.6 Å². The standard InChI is InChI=1S/C21H29N3O2.HI/c1-4-22-21(24-17(2)19-8-6-5-7-9-19)23-16-18-10-12-20(13-11-18)26-15-14-25-3;/h5-13,17H,4,14-16H2,1-3H3,(H2,22,23,24);1H. The van der Waals surface area contributed by atoms with Gasteiger partial charge in [0.2, 0.25) is 0 Å². The molecule has 0 saturated heterocycles. The summed E-state index contributed by atoms with van der Waals surface area (Å²) in [6.07, 6.45) is 0. The van der Waals surface area contributed by atoms with Crippen molar-refractivity contribution in [2.45, 2.75) is 26.4 Å². The fraction of sp³-hybridized carbons (Fsp3) is 0.381. The topological polar surface area (TPSA) is 54.9 Å². The second-order valence-electron chi connectivity index (χ2n) is 5.96. The van der Waals surface area contributed by atoms with Gasteiger partial charge >= 0.3 is 0 Å². The van der Waals surface area contributed by atoms with E-state index in [0.29, 0.717) is 19.8 Å². The summed E-state index contributed by atoms with van der Waals surface area (Å²) >= 11 is 0. The van der Waals surface area contributed by atoms with Crippen molar-refractivity contribution in [3.05, 3.63) is 65.7 Å². The van der Waals surface area contributed by atoms with Crippen LogP contribution in [0.2, 0.25) is 0 Å². The first-order chi connectivity index (χ1) is 12.7. The summed E-state index contributed by atoms with van der Waals surface area (Å²) in [5.74, 6) is 1.65. The zero-order valence-corrected chi connectivity index (χ0v) is 18.6. The largest absolute Gasteiger partial charge is 0.491 e. The number of rotatable bonds is 9. The smallest absolute Gasteiger partial charge is 0.192 e. The van der Waals surface area contributed by atoms with E-state index in [0.717, 1.165) is 23.8 Å². The Morgan fingerprint density at radius 2 is 1.74 bits per heavy atom. The second kappa shape index (κ2) is 13.4. The first-order valence-corrected chi connectivity index (χ1v) is 9.03. The number of nitrogens with one attached hydrogen (secondary N) is 2. The highest BCUT2D eigenvalue weighted by Crippen LogP contribution is 2.13. The molecule has 0 heterocycles. The Morgan fingerprint density at radius 3 is 2.37 bits per heavy atom. The number of nitrogens with zero attached hydrogens (tertiary/aromatic N) is 1. The highest BCUT2D eigenvalue weighted by Gasteiger charge is 2.07. The van der Waals surface area contributed by atoms with Gasteiger partial charge in [-0.25, -0.2) is 4.99 Å². The van der Waals surface area contributed by atoms with Gasteiger partial charge in [-0.2, -0.15) is 0 Å². The number of halogens is 1. The highest BCUT2D eigenvalue weighted by molar-refractivity contribution is 14.0.